The van der Waals surface area contributed by atoms with Crippen LogP contribution in [0.3, 0.4) is 0 Å². The summed E-state index contributed by atoms with van der Waals surface area (Å²) in [7, 11) is 0. The van der Waals surface area contributed by atoms with E-state index in [0.717, 1.165) is 51.4 Å². The molecule has 1 aromatic heterocycles. The Labute approximate surface area is 291 Å². The summed E-state index contributed by atoms with van der Waals surface area (Å²) in [6.07, 6.45) is 11.1. The molecule has 0 aliphatic heterocycles. The molecule has 49 heavy (non-hydrogen) atoms. The third-order valence-corrected chi connectivity index (χ3v) is 10.0. The van der Waals surface area contributed by atoms with Gasteiger partial charge in [0.05, 0.1) is 11.4 Å². The summed E-state index contributed by atoms with van der Waals surface area (Å²) in [6, 6.07) is 41.7. The van der Waals surface area contributed by atoms with Crippen LogP contribution in [0, 0.1) is 0 Å². The van der Waals surface area contributed by atoms with Crippen molar-refractivity contribution in [3.63, 3.8) is 0 Å². The number of para-hydroxylation sites is 1. The lowest BCUT2D eigenvalue weighted by Gasteiger charge is -2.30. The summed E-state index contributed by atoms with van der Waals surface area (Å²) in [6.45, 7) is 15.0. The van der Waals surface area contributed by atoms with E-state index in [9.17, 15) is 0 Å². The summed E-state index contributed by atoms with van der Waals surface area (Å²) >= 11 is 0. The summed E-state index contributed by atoms with van der Waals surface area (Å²) in [4.78, 5) is 2.41. The quantitative estimate of drug-likeness (QED) is 0.147. The molecule has 0 fully saturated rings. The van der Waals surface area contributed by atoms with Gasteiger partial charge in [0.1, 0.15) is 5.58 Å². The molecule has 0 spiro atoms. The molecule has 6 aromatic rings. The average molecular weight is 638 g/mol. The first-order chi connectivity index (χ1) is 23.9. The summed E-state index contributed by atoms with van der Waals surface area (Å²) in [5.74, 6) is 0.894. The SMILES string of the molecule is C=C/C=C\C(=C/C)c1cccc2c(CC)c(/C(=C\C)N(c3ccc(-c4ccccc4)cc3)c3cccc4c3-c3ccccc3C4(C)C)oc12. The minimum Gasteiger partial charge on any atom is -0.454 e. The Morgan fingerprint density at radius 1 is 0.755 bits per heavy atom. The van der Waals surface area contributed by atoms with Crippen LogP contribution < -0.4 is 4.90 Å². The lowest BCUT2D eigenvalue weighted by molar-refractivity contribution is 0.591. The number of rotatable bonds is 9. The Balaban J connectivity index is 1.48. The Kier molecular flexibility index (Phi) is 8.57. The van der Waals surface area contributed by atoms with E-state index >= 15 is 0 Å². The smallest absolute Gasteiger partial charge is 0.155 e. The van der Waals surface area contributed by atoms with Crippen LogP contribution in [0.5, 0.6) is 0 Å². The van der Waals surface area contributed by atoms with Crippen LogP contribution in [0.1, 0.15) is 62.6 Å². The van der Waals surface area contributed by atoms with E-state index in [2.05, 4.69) is 180 Å². The minimum absolute atomic E-state index is 0.119. The first kappa shape index (κ1) is 32.0. The van der Waals surface area contributed by atoms with Gasteiger partial charge in [0, 0.05) is 33.2 Å². The van der Waals surface area contributed by atoms with Gasteiger partial charge in [0.2, 0.25) is 0 Å². The van der Waals surface area contributed by atoms with Gasteiger partial charge in [-0.25, -0.2) is 0 Å². The largest absolute Gasteiger partial charge is 0.454 e. The third kappa shape index (κ3) is 5.38. The van der Waals surface area contributed by atoms with Crippen molar-refractivity contribution in [3.8, 4) is 22.3 Å². The fourth-order valence-corrected chi connectivity index (χ4v) is 7.59. The summed E-state index contributed by atoms with van der Waals surface area (Å²) < 4.78 is 7.07. The highest BCUT2D eigenvalue weighted by Crippen LogP contribution is 2.54. The molecule has 242 valence electrons. The average Bonchev–Trinajstić information content (AvgIpc) is 3.63. The molecule has 0 N–H and O–H groups in total. The fraction of sp³-hybridized carbons (Fsp3) is 0.149. The highest BCUT2D eigenvalue weighted by molar-refractivity contribution is 6.02. The number of anilines is 2. The number of benzene rings is 5. The van der Waals surface area contributed by atoms with Crippen LogP contribution in [0.25, 0.3) is 44.5 Å². The van der Waals surface area contributed by atoms with Crippen LogP contribution in [-0.2, 0) is 11.8 Å². The van der Waals surface area contributed by atoms with E-state index in [1.165, 1.54) is 38.9 Å². The van der Waals surface area contributed by atoms with Crippen LogP contribution in [-0.4, -0.2) is 0 Å². The predicted molar refractivity (Wildman–Crippen MR) is 210 cm³/mol. The van der Waals surface area contributed by atoms with Gasteiger partial charge in [0.15, 0.2) is 5.76 Å². The molecule has 5 aromatic carbocycles. The van der Waals surface area contributed by atoms with Gasteiger partial charge < -0.3 is 9.32 Å². The molecule has 2 nitrogen and oxygen atoms in total. The molecule has 1 heterocycles. The lowest BCUT2D eigenvalue weighted by Crippen LogP contribution is -2.18. The molecule has 0 amide bonds. The summed E-state index contributed by atoms with van der Waals surface area (Å²) in [5.41, 5.74) is 15.0. The first-order valence-corrected chi connectivity index (χ1v) is 17.3. The summed E-state index contributed by atoms with van der Waals surface area (Å²) in [5, 5.41) is 1.14. The number of allylic oxidation sites excluding steroid dienone is 6. The van der Waals surface area contributed by atoms with Crippen molar-refractivity contribution in [2.75, 3.05) is 4.90 Å². The Morgan fingerprint density at radius 2 is 1.45 bits per heavy atom. The van der Waals surface area contributed by atoms with Crippen molar-refractivity contribution in [1.29, 1.82) is 0 Å². The minimum atomic E-state index is -0.119. The van der Waals surface area contributed by atoms with Crippen LogP contribution in [0.4, 0.5) is 11.4 Å². The van der Waals surface area contributed by atoms with Gasteiger partial charge in [-0.3, -0.25) is 0 Å². The van der Waals surface area contributed by atoms with Gasteiger partial charge in [-0.2, -0.15) is 0 Å². The number of hydrogen-bond donors (Lipinski definition) is 0. The van der Waals surface area contributed by atoms with Gasteiger partial charge in [-0.1, -0.05) is 155 Å². The van der Waals surface area contributed by atoms with Crippen molar-refractivity contribution in [2.45, 2.75) is 46.5 Å². The molecule has 7 rings (SSSR count). The number of furan rings is 1. The van der Waals surface area contributed by atoms with Gasteiger partial charge in [-0.05, 0) is 71.9 Å². The highest BCUT2D eigenvalue weighted by Gasteiger charge is 2.38. The van der Waals surface area contributed by atoms with Gasteiger partial charge in [-0.15, -0.1) is 0 Å². The topological polar surface area (TPSA) is 16.4 Å². The molecular weight excluding hydrogens is 595 g/mol. The maximum atomic E-state index is 7.07. The van der Waals surface area contributed by atoms with E-state index in [1.54, 1.807) is 0 Å². The molecule has 0 saturated carbocycles. The van der Waals surface area contributed by atoms with Crippen molar-refractivity contribution < 1.29 is 4.42 Å². The van der Waals surface area contributed by atoms with E-state index in [0.29, 0.717) is 0 Å². The van der Waals surface area contributed by atoms with E-state index < -0.39 is 0 Å². The van der Waals surface area contributed by atoms with Crippen molar-refractivity contribution >= 4 is 33.6 Å². The van der Waals surface area contributed by atoms with Gasteiger partial charge in [0.25, 0.3) is 0 Å². The Bertz CT molecular complexity index is 2260. The number of aryl methyl sites for hydroxylation is 1. The van der Waals surface area contributed by atoms with Crippen molar-refractivity contribution in [2.24, 2.45) is 0 Å². The van der Waals surface area contributed by atoms with Crippen molar-refractivity contribution in [1.82, 2.24) is 0 Å². The Hall–Kier alpha value is -5.60. The first-order valence-electron chi connectivity index (χ1n) is 17.3. The van der Waals surface area contributed by atoms with Crippen LogP contribution in [0.2, 0.25) is 0 Å². The van der Waals surface area contributed by atoms with Crippen molar-refractivity contribution in [3.05, 3.63) is 180 Å². The zero-order valence-corrected chi connectivity index (χ0v) is 29.1. The van der Waals surface area contributed by atoms with E-state index in [1.807, 2.05) is 12.2 Å². The second-order valence-corrected chi connectivity index (χ2v) is 13.1. The molecule has 0 radical (unpaired) electrons. The fourth-order valence-electron chi connectivity index (χ4n) is 7.59. The highest BCUT2D eigenvalue weighted by atomic mass is 16.3. The van der Waals surface area contributed by atoms with Gasteiger partial charge >= 0.3 is 0 Å². The zero-order chi connectivity index (χ0) is 34.1. The number of fused-ring (bicyclic) bond motifs is 4. The zero-order valence-electron chi connectivity index (χ0n) is 29.1. The molecule has 2 heteroatoms. The molecule has 1 aliphatic carbocycles. The molecular formula is C47H43NO. The standard InChI is InChI=1S/C47H43NO/c1-7-11-19-32(8-2)37-23-17-24-38-36(9-3)46(49-45(37)38)42(10-4)48(35-30-28-34(29-31-35)33-20-13-12-14-21-33)43-27-18-26-41-44(43)39-22-15-16-25-40(39)47(41,5)6/h7-8,10-31H,1,9H2,2-6H3/b19-11-,32-8+,42-10+. The Morgan fingerprint density at radius 3 is 2.16 bits per heavy atom. The second kappa shape index (κ2) is 13.1. The van der Waals surface area contributed by atoms with Crippen LogP contribution in [0.15, 0.2) is 157 Å². The van der Waals surface area contributed by atoms with E-state index in [4.69, 9.17) is 4.42 Å². The monoisotopic (exact) mass is 637 g/mol. The second-order valence-electron chi connectivity index (χ2n) is 13.1. The number of nitrogens with zero attached hydrogens (tertiary/aromatic N) is 1. The third-order valence-electron chi connectivity index (χ3n) is 10.0. The lowest BCUT2D eigenvalue weighted by atomic mass is 9.82. The normalized spacial score (nSPS) is 13.9. The maximum absolute atomic E-state index is 7.07. The maximum Gasteiger partial charge on any atom is 0.155 e. The molecule has 0 unspecified atom stereocenters. The number of hydrogen-bond acceptors (Lipinski definition) is 2. The van der Waals surface area contributed by atoms with Crippen LogP contribution >= 0.6 is 0 Å². The molecule has 1 aliphatic rings. The molecule has 0 bridgehead atoms. The predicted octanol–water partition coefficient (Wildman–Crippen LogP) is 13.3. The molecule has 0 atom stereocenters. The van der Waals surface area contributed by atoms with E-state index in [-0.39, 0.29) is 5.41 Å². The molecule has 0 saturated heterocycles.